The fourth-order valence-electron chi connectivity index (χ4n) is 2.81. The Kier molecular flexibility index (Phi) is 4.59. The summed E-state index contributed by atoms with van der Waals surface area (Å²) < 4.78 is 5.51. The van der Waals surface area contributed by atoms with Crippen LogP contribution in [-0.2, 0) is 9.53 Å². The van der Waals surface area contributed by atoms with Crippen LogP contribution >= 0.6 is 0 Å². The summed E-state index contributed by atoms with van der Waals surface area (Å²) in [5.74, 6) is 0.0335. The molecule has 0 bridgehead atoms. The van der Waals surface area contributed by atoms with Crippen LogP contribution in [0.15, 0.2) is 42.5 Å². The monoisotopic (exact) mass is 298 g/mol. The van der Waals surface area contributed by atoms with Crippen LogP contribution in [0, 0.1) is 0 Å². The van der Waals surface area contributed by atoms with Crippen molar-refractivity contribution in [1.82, 2.24) is 5.32 Å². The Morgan fingerprint density at radius 3 is 2.86 bits per heavy atom. The van der Waals surface area contributed by atoms with Gasteiger partial charge >= 0.3 is 0 Å². The maximum Gasteiger partial charge on any atom is 0.239 e. The molecule has 1 N–H and O–H groups in total. The summed E-state index contributed by atoms with van der Waals surface area (Å²) >= 11 is 0. The van der Waals surface area contributed by atoms with E-state index in [0.717, 1.165) is 25.1 Å². The Balaban J connectivity index is 1.57. The average molecular weight is 298 g/mol. The lowest BCUT2D eigenvalue weighted by atomic mass is 10.1. The highest BCUT2D eigenvalue weighted by Crippen LogP contribution is 2.21. The van der Waals surface area contributed by atoms with Gasteiger partial charge in [0.05, 0.1) is 12.6 Å². The quantitative estimate of drug-likeness (QED) is 0.922. The first kappa shape index (κ1) is 14.9. The lowest BCUT2D eigenvalue weighted by Gasteiger charge is -2.20. The van der Waals surface area contributed by atoms with Gasteiger partial charge in [-0.05, 0) is 35.7 Å². The predicted octanol–water partition coefficient (Wildman–Crippen LogP) is 2.57. The molecule has 4 nitrogen and oxygen atoms in total. The molecular formula is C18H22N2O2. The van der Waals surface area contributed by atoms with E-state index in [0.29, 0.717) is 13.1 Å². The SMILES string of the molecule is CN(CC(=O)NC[C@@H]1CCCO1)c1ccc2ccccc2c1. The molecule has 0 aromatic heterocycles. The molecule has 1 amide bonds. The number of hydrogen-bond acceptors (Lipinski definition) is 3. The van der Waals surface area contributed by atoms with Gasteiger partial charge in [0, 0.05) is 25.9 Å². The highest BCUT2D eigenvalue weighted by atomic mass is 16.5. The third-order valence-electron chi connectivity index (χ3n) is 4.11. The van der Waals surface area contributed by atoms with Gasteiger partial charge in [-0.2, -0.15) is 0 Å². The maximum atomic E-state index is 12.0. The summed E-state index contributed by atoms with van der Waals surface area (Å²) in [6.45, 7) is 1.78. The number of benzene rings is 2. The van der Waals surface area contributed by atoms with Crippen LogP contribution in [0.3, 0.4) is 0 Å². The molecule has 116 valence electrons. The lowest BCUT2D eigenvalue weighted by molar-refractivity contribution is -0.120. The number of anilines is 1. The largest absolute Gasteiger partial charge is 0.376 e. The topological polar surface area (TPSA) is 41.6 Å². The molecule has 0 saturated carbocycles. The fraction of sp³-hybridized carbons (Fsp3) is 0.389. The molecule has 2 aromatic carbocycles. The minimum absolute atomic E-state index is 0.0335. The number of fused-ring (bicyclic) bond motifs is 1. The van der Waals surface area contributed by atoms with E-state index < -0.39 is 0 Å². The van der Waals surface area contributed by atoms with Crippen LogP contribution in [0.4, 0.5) is 5.69 Å². The second kappa shape index (κ2) is 6.79. The van der Waals surface area contributed by atoms with Gasteiger partial charge in [-0.1, -0.05) is 30.3 Å². The van der Waals surface area contributed by atoms with Gasteiger partial charge in [-0.15, -0.1) is 0 Å². The molecule has 2 aromatic rings. The van der Waals surface area contributed by atoms with E-state index in [1.165, 1.54) is 10.8 Å². The van der Waals surface area contributed by atoms with E-state index in [4.69, 9.17) is 4.74 Å². The number of ether oxygens (including phenoxy) is 1. The smallest absolute Gasteiger partial charge is 0.239 e. The van der Waals surface area contributed by atoms with E-state index in [2.05, 4.69) is 35.6 Å². The summed E-state index contributed by atoms with van der Waals surface area (Å²) in [4.78, 5) is 14.0. The van der Waals surface area contributed by atoms with Crippen molar-refractivity contribution in [3.8, 4) is 0 Å². The molecule has 3 rings (SSSR count). The highest BCUT2D eigenvalue weighted by molar-refractivity contribution is 5.87. The molecule has 4 heteroatoms. The van der Waals surface area contributed by atoms with E-state index in [1.807, 2.05) is 24.1 Å². The number of likely N-dealkylation sites (N-methyl/N-ethyl adjacent to an activating group) is 1. The zero-order chi connectivity index (χ0) is 15.4. The summed E-state index contributed by atoms with van der Waals surface area (Å²) in [7, 11) is 1.94. The van der Waals surface area contributed by atoms with Gasteiger partial charge in [0.2, 0.25) is 5.91 Å². The Labute approximate surface area is 131 Å². The van der Waals surface area contributed by atoms with E-state index in [9.17, 15) is 4.79 Å². The first-order valence-corrected chi connectivity index (χ1v) is 7.80. The van der Waals surface area contributed by atoms with Crippen molar-refractivity contribution in [3.63, 3.8) is 0 Å². The van der Waals surface area contributed by atoms with E-state index in [-0.39, 0.29) is 12.0 Å². The summed E-state index contributed by atoms with van der Waals surface area (Å²) in [6.07, 6.45) is 2.33. The van der Waals surface area contributed by atoms with Crippen molar-refractivity contribution in [2.45, 2.75) is 18.9 Å². The molecule has 1 atom stereocenters. The fourth-order valence-corrected chi connectivity index (χ4v) is 2.81. The Morgan fingerprint density at radius 2 is 2.09 bits per heavy atom. The Bertz CT molecular complexity index is 650. The Hall–Kier alpha value is -2.07. The standard InChI is InChI=1S/C18H22N2O2/c1-20(13-18(21)19-12-17-7-4-10-22-17)16-9-8-14-5-2-3-6-15(14)11-16/h2-3,5-6,8-9,11,17H,4,7,10,12-13H2,1H3,(H,19,21)/t17-/m0/s1. The van der Waals surface area contributed by atoms with Crippen LogP contribution < -0.4 is 10.2 Å². The summed E-state index contributed by atoms with van der Waals surface area (Å²) in [6, 6.07) is 14.5. The molecule has 1 aliphatic rings. The van der Waals surface area contributed by atoms with Gasteiger partial charge in [-0.25, -0.2) is 0 Å². The normalized spacial score (nSPS) is 17.6. The zero-order valence-corrected chi connectivity index (χ0v) is 12.9. The zero-order valence-electron chi connectivity index (χ0n) is 12.9. The van der Waals surface area contributed by atoms with Crippen molar-refractivity contribution in [3.05, 3.63) is 42.5 Å². The minimum atomic E-state index is 0.0335. The van der Waals surface area contributed by atoms with Gasteiger partial charge in [0.15, 0.2) is 0 Å². The van der Waals surface area contributed by atoms with Gasteiger partial charge in [0.1, 0.15) is 0 Å². The van der Waals surface area contributed by atoms with E-state index in [1.54, 1.807) is 0 Å². The first-order chi connectivity index (χ1) is 10.7. The van der Waals surface area contributed by atoms with Crippen LogP contribution in [0.1, 0.15) is 12.8 Å². The molecule has 1 heterocycles. The second-order valence-corrected chi connectivity index (χ2v) is 5.83. The Morgan fingerprint density at radius 1 is 1.27 bits per heavy atom. The summed E-state index contributed by atoms with van der Waals surface area (Å²) in [5.41, 5.74) is 1.05. The molecule has 1 saturated heterocycles. The number of nitrogens with zero attached hydrogens (tertiary/aromatic N) is 1. The lowest BCUT2D eigenvalue weighted by Crippen LogP contribution is -2.38. The van der Waals surface area contributed by atoms with Crippen LogP contribution in [0.25, 0.3) is 10.8 Å². The maximum absolute atomic E-state index is 12.0. The van der Waals surface area contributed by atoms with Crippen LogP contribution in [-0.4, -0.2) is 38.8 Å². The molecule has 22 heavy (non-hydrogen) atoms. The van der Waals surface area contributed by atoms with Gasteiger partial charge in [0.25, 0.3) is 0 Å². The third kappa shape index (κ3) is 3.57. The molecule has 1 aliphatic heterocycles. The van der Waals surface area contributed by atoms with Crippen molar-refractivity contribution >= 4 is 22.4 Å². The van der Waals surface area contributed by atoms with Crippen LogP contribution in [0.5, 0.6) is 0 Å². The van der Waals surface area contributed by atoms with Crippen molar-refractivity contribution in [2.24, 2.45) is 0 Å². The van der Waals surface area contributed by atoms with Gasteiger partial charge in [-0.3, -0.25) is 4.79 Å². The molecular weight excluding hydrogens is 276 g/mol. The number of amides is 1. The first-order valence-electron chi connectivity index (χ1n) is 7.80. The predicted molar refractivity (Wildman–Crippen MR) is 89.2 cm³/mol. The molecule has 0 unspecified atom stereocenters. The van der Waals surface area contributed by atoms with Crippen molar-refractivity contribution in [1.29, 1.82) is 0 Å². The molecule has 0 spiro atoms. The highest BCUT2D eigenvalue weighted by Gasteiger charge is 2.16. The third-order valence-corrected chi connectivity index (χ3v) is 4.11. The minimum Gasteiger partial charge on any atom is -0.376 e. The van der Waals surface area contributed by atoms with Crippen molar-refractivity contribution < 1.29 is 9.53 Å². The average Bonchev–Trinajstić information content (AvgIpc) is 3.06. The van der Waals surface area contributed by atoms with Crippen LogP contribution in [0.2, 0.25) is 0 Å². The summed E-state index contributed by atoms with van der Waals surface area (Å²) in [5, 5.41) is 5.35. The van der Waals surface area contributed by atoms with Gasteiger partial charge < -0.3 is 15.0 Å². The molecule has 0 radical (unpaired) electrons. The number of nitrogens with one attached hydrogen (secondary N) is 1. The van der Waals surface area contributed by atoms with Crippen molar-refractivity contribution in [2.75, 3.05) is 31.6 Å². The van der Waals surface area contributed by atoms with E-state index >= 15 is 0 Å². The second-order valence-electron chi connectivity index (χ2n) is 5.83. The number of carbonyl (C=O) groups excluding carboxylic acids is 1. The molecule has 1 fully saturated rings. The number of rotatable bonds is 5. The number of hydrogen-bond donors (Lipinski definition) is 1. The molecule has 0 aliphatic carbocycles. The number of carbonyl (C=O) groups is 1.